The van der Waals surface area contributed by atoms with E-state index < -0.39 is 0 Å². The smallest absolute Gasteiger partial charge is 0.271 e. The number of ether oxygens (including phenoxy) is 1. The second-order valence-corrected chi connectivity index (χ2v) is 5.37. The Morgan fingerprint density at radius 2 is 1.96 bits per heavy atom. The fourth-order valence-corrected chi connectivity index (χ4v) is 2.55. The number of carbonyl (C=O) groups excluding carboxylic acids is 1. The van der Waals surface area contributed by atoms with Gasteiger partial charge in [-0.2, -0.15) is 5.10 Å². The normalized spacial score (nSPS) is 11.1. The number of carbonyl (C=O) groups is 1. The van der Waals surface area contributed by atoms with E-state index >= 15 is 0 Å². The zero-order chi connectivity index (χ0) is 16.9. The second kappa shape index (κ2) is 7.00. The van der Waals surface area contributed by atoms with Crippen molar-refractivity contribution in [3.63, 3.8) is 0 Å². The minimum atomic E-state index is -0.258. The lowest BCUT2D eigenvalue weighted by atomic mass is 10.1. The minimum absolute atomic E-state index is 0.258. The van der Waals surface area contributed by atoms with E-state index in [2.05, 4.69) is 15.5 Å². The van der Waals surface area contributed by atoms with Crippen molar-refractivity contribution >= 4 is 23.0 Å². The Bertz CT molecular complexity index is 879. The van der Waals surface area contributed by atoms with Crippen molar-refractivity contribution in [1.29, 1.82) is 0 Å². The molecular weight excluding hydrogens is 302 g/mol. The number of rotatable bonds is 5. The van der Waals surface area contributed by atoms with Crippen LogP contribution in [0.15, 0.2) is 53.6 Å². The number of hydrogen-bond donors (Lipinski definition) is 2. The summed E-state index contributed by atoms with van der Waals surface area (Å²) in [6.45, 7) is 4.50. The maximum absolute atomic E-state index is 12.1. The van der Waals surface area contributed by atoms with E-state index in [1.807, 2.05) is 38.1 Å². The molecule has 1 heterocycles. The van der Waals surface area contributed by atoms with Gasteiger partial charge in [0.2, 0.25) is 0 Å². The van der Waals surface area contributed by atoms with Gasteiger partial charge in [0.15, 0.2) is 0 Å². The van der Waals surface area contributed by atoms with Gasteiger partial charge in [0.25, 0.3) is 5.91 Å². The van der Waals surface area contributed by atoms with Crippen LogP contribution in [0.5, 0.6) is 5.75 Å². The second-order valence-electron chi connectivity index (χ2n) is 5.37. The zero-order valence-corrected chi connectivity index (χ0v) is 13.7. The number of hydrazone groups is 1. The predicted octanol–water partition coefficient (Wildman–Crippen LogP) is 3.64. The van der Waals surface area contributed by atoms with Crippen molar-refractivity contribution in [1.82, 2.24) is 10.4 Å². The molecular formula is C19H19N3O2. The first-order chi connectivity index (χ1) is 11.7. The Kier molecular flexibility index (Phi) is 4.61. The third-order valence-electron chi connectivity index (χ3n) is 3.73. The first kappa shape index (κ1) is 15.8. The molecule has 5 nitrogen and oxygen atoms in total. The van der Waals surface area contributed by atoms with E-state index in [0.717, 1.165) is 27.9 Å². The number of H-pyrrole nitrogens is 1. The summed E-state index contributed by atoms with van der Waals surface area (Å²) in [5.41, 5.74) is 6.12. The molecule has 0 spiro atoms. The van der Waals surface area contributed by atoms with Gasteiger partial charge in [-0.25, -0.2) is 5.43 Å². The fraction of sp³-hybridized carbons (Fsp3) is 0.158. The van der Waals surface area contributed by atoms with Gasteiger partial charge in [-0.3, -0.25) is 4.79 Å². The summed E-state index contributed by atoms with van der Waals surface area (Å²) < 4.78 is 5.36. The number of aromatic nitrogens is 1. The molecule has 0 aliphatic heterocycles. The highest BCUT2D eigenvalue weighted by Crippen LogP contribution is 2.19. The van der Waals surface area contributed by atoms with Crippen LogP contribution in [0.3, 0.4) is 0 Å². The monoisotopic (exact) mass is 321 g/mol. The van der Waals surface area contributed by atoms with Gasteiger partial charge in [-0.15, -0.1) is 0 Å². The maximum atomic E-state index is 12.1. The Morgan fingerprint density at radius 1 is 1.21 bits per heavy atom. The first-order valence-corrected chi connectivity index (χ1v) is 7.82. The van der Waals surface area contributed by atoms with Crippen LogP contribution in [0.25, 0.3) is 10.9 Å². The number of aryl methyl sites for hydroxylation is 1. The summed E-state index contributed by atoms with van der Waals surface area (Å²) in [6, 6.07) is 15.0. The molecule has 0 saturated heterocycles. The first-order valence-electron chi connectivity index (χ1n) is 7.82. The molecule has 0 aliphatic rings. The molecule has 122 valence electrons. The van der Waals surface area contributed by atoms with Crippen LogP contribution in [0.1, 0.15) is 28.5 Å². The number of benzene rings is 2. The van der Waals surface area contributed by atoms with Crippen molar-refractivity contribution in [3.05, 3.63) is 65.4 Å². The molecule has 1 amide bonds. The van der Waals surface area contributed by atoms with E-state index in [1.165, 1.54) is 0 Å². The van der Waals surface area contributed by atoms with Gasteiger partial charge < -0.3 is 9.72 Å². The molecule has 24 heavy (non-hydrogen) atoms. The topological polar surface area (TPSA) is 66.5 Å². The van der Waals surface area contributed by atoms with Crippen LogP contribution < -0.4 is 10.2 Å². The molecule has 0 atom stereocenters. The van der Waals surface area contributed by atoms with Gasteiger partial charge >= 0.3 is 0 Å². The Labute approximate surface area is 140 Å². The zero-order valence-electron chi connectivity index (χ0n) is 13.7. The molecule has 0 fully saturated rings. The molecule has 3 aromatic rings. The lowest BCUT2D eigenvalue weighted by Crippen LogP contribution is -2.17. The third kappa shape index (κ3) is 3.30. The van der Waals surface area contributed by atoms with Crippen LogP contribution in [-0.2, 0) is 0 Å². The van der Waals surface area contributed by atoms with Gasteiger partial charge in [-0.05, 0) is 44.2 Å². The number of fused-ring (bicyclic) bond motifs is 1. The number of hydrogen-bond acceptors (Lipinski definition) is 3. The molecule has 2 aromatic carbocycles. The van der Waals surface area contributed by atoms with Crippen molar-refractivity contribution < 1.29 is 9.53 Å². The number of nitrogens with zero attached hydrogens (tertiary/aromatic N) is 1. The number of amides is 1. The van der Waals surface area contributed by atoms with Gasteiger partial charge in [0, 0.05) is 27.7 Å². The quantitative estimate of drug-likeness (QED) is 0.556. The Hall–Kier alpha value is -3.08. The van der Waals surface area contributed by atoms with Crippen molar-refractivity contribution in [2.75, 3.05) is 6.61 Å². The highest BCUT2D eigenvalue weighted by molar-refractivity contribution is 6.01. The largest absolute Gasteiger partial charge is 0.494 e. The van der Waals surface area contributed by atoms with E-state index in [1.54, 1.807) is 30.5 Å². The number of nitrogens with one attached hydrogen (secondary N) is 2. The van der Waals surface area contributed by atoms with Gasteiger partial charge in [0.1, 0.15) is 5.75 Å². The predicted molar refractivity (Wildman–Crippen MR) is 95.7 cm³/mol. The molecule has 2 N–H and O–H groups in total. The lowest BCUT2D eigenvalue weighted by molar-refractivity contribution is 0.0955. The summed E-state index contributed by atoms with van der Waals surface area (Å²) >= 11 is 0. The maximum Gasteiger partial charge on any atom is 0.271 e. The highest BCUT2D eigenvalue weighted by Gasteiger charge is 2.07. The molecule has 0 unspecified atom stereocenters. The van der Waals surface area contributed by atoms with E-state index in [-0.39, 0.29) is 5.91 Å². The van der Waals surface area contributed by atoms with Crippen molar-refractivity contribution in [2.45, 2.75) is 13.8 Å². The molecule has 0 bridgehead atoms. The molecule has 0 saturated carbocycles. The average molecular weight is 321 g/mol. The van der Waals surface area contributed by atoms with Crippen molar-refractivity contribution in [2.24, 2.45) is 5.10 Å². The third-order valence-corrected chi connectivity index (χ3v) is 3.73. The summed E-state index contributed by atoms with van der Waals surface area (Å²) in [5, 5.41) is 5.16. The molecule has 3 rings (SSSR count). The molecule has 1 aromatic heterocycles. The van der Waals surface area contributed by atoms with Crippen LogP contribution in [-0.4, -0.2) is 23.7 Å². The molecule has 5 heteroatoms. The van der Waals surface area contributed by atoms with Crippen molar-refractivity contribution in [3.8, 4) is 5.75 Å². The van der Waals surface area contributed by atoms with E-state index in [9.17, 15) is 4.79 Å². The number of aromatic amines is 1. The Morgan fingerprint density at radius 3 is 2.71 bits per heavy atom. The summed E-state index contributed by atoms with van der Waals surface area (Å²) in [7, 11) is 0. The summed E-state index contributed by atoms with van der Waals surface area (Å²) in [6.07, 6.45) is 1.67. The van der Waals surface area contributed by atoms with Crippen LogP contribution in [0, 0.1) is 6.92 Å². The highest BCUT2D eigenvalue weighted by atomic mass is 16.5. The average Bonchev–Trinajstić information content (AvgIpc) is 2.91. The molecule has 0 aliphatic carbocycles. The van der Waals surface area contributed by atoms with Crippen LogP contribution >= 0.6 is 0 Å². The van der Waals surface area contributed by atoms with Gasteiger partial charge in [-0.1, -0.05) is 18.2 Å². The summed E-state index contributed by atoms with van der Waals surface area (Å²) in [4.78, 5) is 15.4. The minimum Gasteiger partial charge on any atom is -0.494 e. The van der Waals surface area contributed by atoms with Crippen LogP contribution in [0.2, 0.25) is 0 Å². The van der Waals surface area contributed by atoms with Crippen LogP contribution in [0.4, 0.5) is 0 Å². The number of para-hydroxylation sites is 1. The lowest BCUT2D eigenvalue weighted by Gasteiger charge is -2.04. The molecule has 0 radical (unpaired) electrons. The SMILES string of the molecule is CCOc1ccc(C(=O)N/N=C\c2c(C)[nH]c3ccccc23)cc1. The summed E-state index contributed by atoms with van der Waals surface area (Å²) in [5.74, 6) is 0.485. The Balaban J connectivity index is 1.71. The standard InChI is InChI=1S/C19H19N3O2/c1-3-24-15-10-8-14(9-11-15)19(23)22-20-12-17-13(2)21-18-7-5-4-6-16(17)18/h4-12,21H,3H2,1-2H3,(H,22,23)/b20-12-. The van der Waals surface area contributed by atoms with E-state index in [4.69, 9.17) is 4.74 Å². The fourth-order valence-electron chi connectivity index (χ4n) is 2.55. The van der Waals surface area contributed by atoms with E-state index in [0.29, 0.717) is 12.2 Å². The van der Waals surface area contributed by atoms with Gasteiger partial charge in [0.05, 0.1) is 12.8 Å².